The first-order valence-electron chi connectivity index (χ1n) is 3.73. The average Bonchev–Trinajstić information content (AvgIpc) is 2.41. The number of nitrogens with one attached hydrogen (secondary N) is 1. The normalized spacial score (nSPS) is 10.1. The SMILES string of the molecule is CNC(=O)CCn1nc(Br)cc1Br. The van der Waals surface area contributed by atoms with Crippen LogP contribution in [0.15, 0.2) is 15.3 Å². The van der Waals surface area contributed by atoms with Crippen molar-refractivity contribution >= 4 is 37.8 Å². The fourth-order valence-electron chi connectivity index (χ4n) is 0.854. The Labute approximate surface area is 92.9 Å². The van der Waals surface area contributed by atoms with Gasteiger partial charge in [-0.15, -0.1) is 0 Å². The highest BCUT2D eigenvalue weighted by atomic mass is 79.9. The lowest BCUT2D eigenvalue weighted by atomic mass is 10.4. The van der Waals surface area contributed by atoms with E-state index in [4.69, 9.17) is 0 Å². The van der Waals surface area contributed by atoms with E-state index in [1.54, 1.807) is 11.7 Å². The molecule has 0 saturated carbocycles. The van der Waals surface area contributed by atoms with Gasteiger partial charge in [-0.05, 0) is 31.9 Å². The Morgan fingerprint density at radius 1 is 1.69 bits per heavy atom. The van der Waals surface area contributed by atoms with E-state index >= 15 is 0 Å². The van der Waals surface area contributed by atoms with Crippen LogP contribution in [0.5, 0.6) is 0 Å². The van der Waals surface area contributed by atoms with Crippen molar-refractivity contribution in [2.75, 3.05) is 7.05 Å². The van der Waals surface area contributed by atoms with Crippen molar-refractivity contribution in [2.24, 2.45) is 0 Å². The molecule has 1 rings (SSSR count). The van der Waals surface area contributed by atoms with Crippen LogP contribution in [0.4, 0.5) is 0 Å². The summed E-state index contributed by atoms with van der Waals surface area (Å²) < 4.78 is 3.35. The number of carbonyl (C=O) groups excluding carboxylic acids is 1. The molecular weight excluding hydrogens is 302 g/mol. The van der Waals surface area contributed by atoms with Crippen LogP contribution in [0.1, 0.15) is 6.42 Å². The minimum Gasteiger partial charge on any atom is -0.359 e. The van der Waals surface area contributed by atoms with Crippen LogP contribution < -0.4 is 5.32 Å². The summed E-state index contributed by atoms with van der Waals surface area (Å²) in [5.41, 5.74) is 0. The van der Waals surface area contributed by atoms with Crippen LogP contribution in [0, 0.1) is 0 Å². The fraction of sp³-hybridized carbons (Fsp3) is 0.429. The molecule has 0 fully saturated rings. The van der Waals surface area contributed by atoms with E-state index in [1.165, 1.54) is 0 Å². The third-order valence-corrected chi connectivity index (χ3v) is 2.56. The van der Waals surface area contributed by atoms with Crippen molar-refractivity contribution in [3.05, 3.63) is 15.3 Å². The van der Waals surface area contributed by atoms with Crippen LogP contribution >= 0.6 is 31.9 Å². The predicted molar refractivity (Wildman–Crippen MR) is 56.3 cm³/mol. The molecule has 72 valence electrons. The van der Waals surface area contributed by atoms with Crippen molar-refractivity contribution in [1.82, 2.24) is 15.1 Å². The molecular formula is C7H9Br2N3O. The maximum absolute atomic E-state index is 10.9. The number of aryl methyl sites for hydroxylation is 1. The lowest BCUT2D eigenvalue weighted by molar-refractivity contribution is -0.120. The largest absolute Gasteiger partial charge is 0.359 e. The van der Waals surface area contributed by atoms with Gasteiger partial charge in [0, 0.05) is 19.5 Å². The quantitative estimate of drug-likeness (QED) is 0.920. The molecule has 6 heteroatoms. The van der Waals surface area contributed by atoms with Crippen LogP contribution in [-0.2, 0) is 11.3 Å². The Morgan fingerprint density at radius 3 is 2.85 bits per heavy atom. The Morgan fingerprint density at radius 2 is 2.38 bits per heavy atom. The standard InChI is InChI=1S/C7H9Br2N3O/c1-10-7(13)2-3-12-6(9)4-5(8)11-12/h4H,2-3H2,1H3,(H,10,13). The zero-order valence-electron chi connectivity index (χ0n) is 7.05. The van der Waals surface area contributed by atoms with Gasteiger partial charge in [0.1, 0.15) is 9.21 Å². The predicted octanol–water partition coefficient (Wildman–Crippen LogP) is 1.54. The highest BCUT2D eigenvalue weighted by Gasteiger charge is 2.04. The molecule has 1 N–H and O–H groups in total. The van der Waals surface area contributed by atoms with Crippen LogP contribution in [-0.4, -0.2) is 22.7 Å². The Balaban J connectivity index is 2.54. The molecule has 0 aliphatic heterocycles. The van der Waals surface area contributed by atoms with E-state index in [1.807, 2.05) is 6.07 Å². The molecule has 0 radical (unpaired) electrons. The van der Waals surface area contributed by atoms with Crippen molar-refractivity contribution in [3.63, 3.8) is 0 Å². The Hall–Kier alpha value is -0.360. The molecule has 0 unspecified atom stereocenters. The first kappa shape index (κ1) is 10.7. The maximum atomic E-state index is 10.9. The highest BCUT2D eigenvalue weighted by Crippen LogP contribution is 2.16. The van der Waals surface area contributed by atoms with Crippen molar-refractivity contribution in [2.45, 2.75) is 13.0 Å². The van der Waals surface area contributed by atoms with Gasteiger partial charge in [0.05, 0.1) is 6.54 Å². The molecule has 1 aromatic rings. The topological polar surface area (TPSA) is 46.9 Å². The van der Waals surface area contributed by atoms with Gasteiger partial charge >= 0.3 is 0 Å². The molecule has 0 aliphatic rings. The molecule has 0 bridgehead atoms. The molecule has 1 heterocycles. The first-order valence-corrected chi connectivity index (χ1v) is 5.31. The number of carbonyl (C=O) groups is 1. The average molecular weight is 311 g/mol. The number of amides is 1. The van der Waals surface area contributed by atoms with E-state index < -0.39 is 0 Å². The van der Waals surface area contributed by atoms with E-state index in [0.29, 0.717) is 13.0 Å². The molecule has 0 saturated heterocycles. The maximum Gasteiger partial charge on any atom is 0.221 e. The molecule has 13 heavy (non-hydrogen) atoms. The van der Waals surface area contributed by atoms with Gasteiger partial charge in [0.2, 0.25) is 5.91 Å². The van der Waals surface area contributed by atoms with Gasteiger partial charge in [0.25, 0.3) is 0 Å². The second-order valence-corrected chi connectivity index (χ2v) is 4.06. The van der Waals surface area contributed by atoms with Crippen LogP contribution in [0.25, 0.3) is 0 Å². The summed E-state index contributed by atoms with van der Waals surface area (Å²) in [6.45, 7) is 0.575. The third-order valence-electron chi connectivity index (χ3n) is 1.53. The lowest BCUT2D eigenvalue weighted by Gasteiger charge is -2.01. The smallest absolute Gasteiger partial charge is 0.221 e. The summed E-state index contributed by atoms with van der Waals surface area (Å²) in [6, 6.07) is 1.84. The molecule has 4 nitrogen and oxygen atoms in total. The van der Waals surface area contributed by atoms with Gasteiger partial charge in [-0.25, -0.2) is 0 Å². The highest BCUT2D eigenvalue weighted by molar-refractivity contribution is 9.11. The van der Waals surface area contributed by atoms with Gasteiger partial charge in [-0.3, -0.25) is 9.48 Å². The number of halogens is 2. The second kappa shape index (κ2) is 4.76. The molecule has 0 aromatic carbocycles. The number of aromatic nitrogens is 2. The monoisotopic (exact) mass is 309 g/mol. The van der Waals surface area contributed by atoms with E-state index in [9.17, 15) is 4.79 Å². The summed E-state index contributed by atoms with van der Waals surface area (Å²) in [6.07, 6.45) is 0.434. The van der Waals surface area contributed by atoms with E-state index in [-0.39, 0.29) is 5.91 Å². The van der Waals surface area contributed by atoms with Gasteiger partial charge < -0.3 is 5.32 Å². The van der Waals surface area contributed by atoms with Crippen molar-refractivity contribution < 1.29 is 4.79 Å². The van der Waals surface area contributed by atoms with Crippen LogP contribution in [0.2, 0.25) is 0 Å². The Bertz CT molecular complexity index is 311. The molecule has 0 spiro atoms. The molecule has 0 aliphatic carbocycles. The number of hydrogen-bond acceptors (Lipinski definition) is 2. The zero-order chi connectivity index (χ0) is 9.84. The lowest BCUT2D eigenvalue weighted by Crippen LogP contribution is -2.19. The number of nitrogens with zero attached hydrogens (tertiary/aromatic N) is 2. The number of rotatable bonds is 3. The summed E-state index contributed by atoms with van der Waals surface area (Å²) in [7, 11) is 1.62. The number of hydrogen-bond donors (Lipinski definition) is 1. The first-order chi connectivity index (χ1) is 6.13. The van der Waals surface area contributed by atoms with Gasteiger partial charge in [-0.2, -0.15) is 5.10 Å². The minimum absolute atomic E-state index is 0.0125. The summed E-state index contributed by atoms with van der Waals surface area (Å²) in [5, 5.41) is 6.68. The van der Waals surface area contributed by atoms with E-state index in [2.05, 4.69) is 42.3 Å². The Kier molecular flexibility index (Phi) is 3.92. The second-order valence-electron chi connectivity index (χ2n) is 2.44. The van der Waals surface area contributed by atoms with E-state index in [0.717, 1.165) is 9.21 Å². The zero-order valence-corrected chi connectivity index (χ0v) is 10.2. The molecule has 1 amide bonds. The molecule has 1 aromatic heterocycles. The van der Waals surface area contributed by atoms with Gasteiger partial charge in [-0.1, -0.05) is 0 Å². The minimum atomic E-state index is 0.0125. The third kappa shape index (κ3) is 3.11. The van der Waals surface area contributed by atoms with Crippen molar-refractivity contribution in [3.8, 4) is 0 Å². The fourth-order valence-corrected chi connectivity index (χ4v) is 2.04. The summed E-state index contributed by atoms with van der Waals surface area (Å²) in [4.78, 5) is 10.9. The van der Waals surface area contributed by atoms with Crippen molar-refractivity contribution in [1.29, 1.82) is 0 Å². The summed E-state index contributed by atoms with van der Waals surface area (Å²) in [5.74, 6) is 0.0125. The molecule has 0 atom stereocenters. The van der Waals surface area contributed by atoms with Gasteiger partial charge in [0.15, 0.2) is 0 Å². The van der Waals surface area contributed by atoms with Crippen LogP contribution in [0.3, 0.4) is 0 Å². The summed E-state index contributed by atoms with van der Waals surface area (Å²) >= 11 is 6.57.